The summed E-state index contributed by atoms with van der Waals surface area (Å²) in [7, 11) is 1.38. The van der Waals surface area contributed by atoms with Crippen LogP contribution in [0.15, 0.2) is 42.5 Å². The number of alkyl halides is 2. The molecule has 1 aliphatic heterocycles. The molecule has 1 N–H and O–H groups in total. The Balaban J connectivity index is 1.51. The predicted molar refractivity (Wildman–Crippen MR) is 90.9 cm³/mol. The summed E-state index contributed by atoms with van der Waals surface area (Å²) >= 11 is 0. The molecule has 7 heteroatoms. The Morgan fingerprint density at radius 3 is 2.81 bits per heavy atom. The molecule has 0 unspecified atom stereocenters. The summed E-state index contributed by atoms with van der Waals surface area (Å²) in [5.74, 6) is 0.772. The smallest absolute Gasteiger partial charge is 0.387 e. The third kappa shape index (κ3) is 4.22. The minimum atomic E-state index is -2.91. The second kappa shape index (κ2) is 8.03. The molecule has 0 aliphatic carbocycles. The number of halogens is 2. The van der Waals surface area contributed by atoms with Crippen molar-refractivity contribution in [1.29, 1.82) is 0 Å². The second-order valence-electron chi connectivity index (χ2n) is 5.82. The number of amides is 1. The van der Waals surface area contributed by atoms with E-state index in [2.05, 4.69) is 10.1 Å². The maximum absolute atomic E-state index is 12.3. The highest BCUT2D eigenvalue weighted by Gasteiger charge is 2.28. The normalized spacial score (nSPS) is 15.3. The molecule has 26 heavy (non-hydrogen) atoms. The van der Waals surface area contributed by atoms with E-state index in [4.69, 9.17) is 9.47 Å². The number of benzene rings is 2. The molecule has 0 spiro atoms. The van der Waals surface area contributed by atoms with Crippen LogP contribution >= 0.6 is 0 Å². The summed E-state index contributed by atoms with van der Waals surface area (Å²) in [5.41, 5.74) is 1.85. The second-order valence-corrected chi connectivity index (χ2v) is 5.82. The number of rotatable bonds is 7. The third-order valence-corrected chi connectivity index (χ3v) is 4.10. The topological polar surface area (TPSA) is 56.8 Å². The fourth-order valence-corrected chi connectivity index (χ4v) is 2.83. The van der Waals surface area contributed by atoms with Gasteiger partial charge in [-0.25, -0.2) is 0 Å². The molecule has 0 bridgehead atoms. The number of nitrogens with one attached hydrogen (secondary N) is 1. The highest BCUT2D eigenvalue weighted by molar-refractivity contribution is 5.82. The van der Waals surface area contributed by atoms with Gasteiger partial charge in [0, 0.05) is 13.0 Å². The van der Waals surface area contributed by atoms with Crippen LogP contribution in [0.3, 0.4) is 0 Å². The molecule has 138 valence electrons. The van der Waals surface area contributed by atoms with Gasteiger partial charge in [-0.1, -0.05) is 24.3 Å². The van der Waals surface area contributed by atoms with Crippen LogP contribution in [-0.4, -0.2) is 32.3 Å². The van der Waals surface area contributed by atoms with Crippen molar-refractivity contribution in [3.05, 3.63) is 53.6 Å². The lowest BCUT2D eigenvalue weighted by atomic mass is 10.1. The zero-order valence-corrected chi connectivity index (χ0v) is 14.2. The molecule has 2 aromatic carbocycles. The van der Waals surface area contributed by atoms with Crippen LogP contribution in [0.1, 0.15) is 11.1 Å². The van der Waals surface area contributed by atoms with Gasteiger partial charge < -0.3 is 19.5 Å². The van der Waals surface area contributed by atoms with Gasteiger partial charge in [0.15, 0.2) is 17.6 Å². The van der Waals surface area contributed by atoms with E-state index in [1.165, 1.54) is 13.2 Å². The van der Waals surface area contributed by atoms with Gasteiger partial charge in [-0.05, 0) is 35.7 Å². The standard InChI is InChI=1S/C19H19F2NO4/c1-24-16-10-12(6-7-15(16)26-19(20)21)8-9-22-18(23)17-11-13-4-2-3-5-14(13)25-17/h2-7,10,17,19H,8-9,11H2,1H3,(H,22,23)/t17-/m1/s1. The van der Waals surface area contributed by atoms with E-state index in [0.717, 1.165) is 16.9 Å². The zero-order valence-electron chi connectivity index (χ0n) is 14.2. The Morgan fingerprint density at radius 2 is 2.08 bits per heavy atom. The Morgan fingerprint density at radius 1 is 1.27 bits per heavy atom. The summed E-state index contributed by atoms with van der Waals surface area (Å²) in [5, 5.41) is 2.84. The van der Waals surface area contributed by atoms with Crippen LogP contribution in [-0.2, 0) is 17.6 Å². The van der Waals surface area contributed by atoms with Gasteiger partial charge in [0.25, 0.3) is 5.91 Å². The zero-order chi connectivity index (χ0) is 18.5. The van der Waals surface area contributed by atoms with Gasteiger partial charge in [0.1, 0.15) is 5.75 Å². The first-order valence-corrected chi connectivity index (χ1v) is 8.21. The lowest BCUT2D eigenvalue weighted by Gasteiger charge is -2.13. The van der Waals surface area contributed by atoms with Gasteiger partial charge in [-0.2, -0.15) is 8.78 Å². The third-order valence-electron chi connectivity index (χ3n) is 4.10. The molecule has 0 saturated heterocycles. The fraction of sp³-hybridized carbons (Fsp3) is 0.316. The van der Waals surface area contributed by atoms with E-state index in [9.17, 15) is 13.6 Å². The molecule has 0 aromatic heterocycles. The molecular formula is C19H19F2NO4. The number of methoxy groups -OCH3 is 1. The lowest BCUT2D eigenvalue weighted by molar-refractivity contribution is -0.127. The van der Waals surface area contributed by atoms with Crippen LogP contribution in [0.4, 0.5) is 8.78 Å². The van der Waals surface area contributed by atoms with Crippen LogP contribution in [0.5, 0.6) is 17.2 Å². The van der Waals surface area contributed by atoms with Crippen molar-refractivity contribution >= 4 is 5.91 Å². The minimum Gasteiger partial charge on any atom is -0.493 e. The number of para-hydroxylation sites is 1. The first-order valence-electron chi connectivity index (χ1n) is 8.21. The van der Waals surface area contributed by atoms with E-state index >= 15 is 0 Å². The van der Waals surface area contributed by atoms with Crippen molar-refractivity contribution in [2.75, 3.05) is 13.7 Å². The van der Waals surface area contributed by atoms with E-state index in [1.807, 2.05) is 24.3 Å². The van der Waals surface area contributed by atoms with Crippen molar-refractivity contribution in [1.82, 2.24) is 5.32 Å². The Hall–Kier alpha value is -2.83. The molecule has 1 atom stereocenters. The Bertz CT molecular complexity index is 757. The van der Waals surface area contributed by atoms with E-state index in [0.29, 0.717) is 19.4 Å². The summed E-state index contributed by atoms with van der Waals surface area (Å²) in [4.78, 5) is 12.2. The summed E-state index contributed by atoms with van der Waals surface area (Å²) in [6, 6.07) is 12.3. The number of fused-ring (bicyclic) bond motifs is 1. The predicted octanol–water partition coefficient (Wildman–Crippen LogP) is 2.96. The average Bonchev–Trinajstić information content (AvgIpc) is 3.06. The van der Waals surface area contributed by atoms with Gasteiger partial charge in [0.2, 0.25) is 0 Å². The maximum atomic E-state index is 12.3. The first-order chi connectivity index (χ1) is 12.6. The van der Waals surface area contributed by atoms with Crippen LogP contribution in [0.25, 0.3) is 0 Å². The number of hydrogen-bond donors (Lipinski definition) is 1. The van der Waals surface area contributed by atoms with Crippen molar-refractivity contribution in [3.63, 3.8) is 0 Å². The molecule has 0 fully saturated rings. The van der Waals surface area contributed by atoms with Gasteiger partial charge in [-0.3, -0.25) is 4.79 Å². The monoisotopic (exact) mass is 363 g/mol. The number of carbonyl (C=O) groups is 1. The Labute approximate surface area is 149 Å². The van der Waals surface area contributed by atoms with Crippen molar-refractivity contribution in [2.45, 2.75) is 25.6 Å². The Kier molecular flexibility index (Phi) is 5.55. The van der Waals surface area contributed by atoms with Crippen LogP contribution in [0.2, 0.25) is 0 Å². The number of ether oxygens (including phenoxy) is 3. The van der Waals surface area contributed by atoms with E-state index in [-0.39, 0.29) is 17.4 Å². The quantitative estimate of drug-likeness (QED) is 0.822. The molecule has 3 rings (SSSR count). The largest absolute Gasteiger partial charge is 0.493 e. The molecule has 0 saturated carbocycles. The van der Waals surface area contributed by atoms with Crippen molar-refractivity contribution in [3.8, 4) is 17.2 Å². The fourth-order valence-electron chi connectivity index (χ4n) is 2.83. The van der Waals surface area contributed by atoms with E-state index in [1.54, 1.807) is 12.1 Å². The van der Waals surface area contributed by atoms with Gasteiger partial charge in [0.05, 0.1) is 7.11 Å². The number of carbonyl (C=O) groups excluding carboxylic acids is 1. The van der Waals surface area contributed by atoms with Crippen molar-refractivity contribution < 1.29 is 27.8 Å². The average molecular weight is 363 g/mol. The molecule has 2 aromatic rings. The molecular weight excluding hydrogens is 344 g/mol. The molecule has 1 heterocycles. The summed E-state index contributed by atoms with van der Waals surface area (Å²) in [6.45, 7) is -2.52. The summed E-state index contributed by atoms with van der Waals surface area (Å²) < 4.78 is 39.8. The SMILES string of the molecule is COc1cc(CCNC(=O)[C@H]2Cc3ccccc3O2)ccc1OC(F)F. The maximum Gasteiger partial charge on any atom is 0.387 e. The highest BCUT2D eigenvalue weighted by Crippen LogP contribution is 2.30. The number of hydrogen-bond acceptors (Lipinski definition) is 4. The van der Waals surface area contributed by atoms with Gasteiger partial charge in [-0.15, -0.1) is 0 Å². The highest BCUT2D eigenvalue weighted by atomic mass is 19.3. The summed E-state index contributed by atoms with van der Waals surface area (Å²) in [6.07, 6.45) is 0.551. The van der Waals surface area contributed by atoms with Crippen molar-refractivity contribution in [2.24, 2.45) is 0 Å². The minimum absolute atomic E-state index is 0.0209. The molecule has 1 aliphatic rings. The lowest BCUT2D eigenvalue weighted by Crippen LogP contribution is -2.38. The van der Waals surface area contributed by atoms with Crippen LogP contribution in [0, 0.1) is 0 Å². The van der Waals surface area contributed by atoms with Crippen LogP contribution < -0.4 is 19.5 Å². The van der Waals surface area contributed by atoms with Gasteiger partial charge >= 0.3 is 6.61 Å². The molecule has 0 radical (unpaired) electrons. The van der Waals surface area contributed by atoms with E-state index < -0.39 is 12.7 Å². The first kappa shape index (κ1) is 18.0. The molecule has 1 amide bonds. The molecule has 5 nitrogen and oxygen atoms in total.